The maximum Gasteiger partial charge on any atom is 0.237 e. The van der Waals surface area contributed by atoms with Crippen LogP contribution in [0, 0.1) is 11.3 Å². The van der Waals surface area contributed by atoms with Crippen LogP contribution in [0.1, 0.15) is 40.5 Å². The molecule has 0 aliphatic carbocycles. The molecule has 1 amide bonds. The molecule has 1 rings (SSSR count). The number of rotatable bonds is 4. The summed E-state index contributed by atoms with van der Waals surface area (Å²) in [5, 5.41) is 2.95. The van der Waals surface area contributed by atoms with Crippen LogP contribution in [0.25, 0.3) is 0 Å². The van der Waals surface area contributed by atoms with Gasteiger partial charge < -0.3 is 15.8 Å². The Hall–Kier alpha value is -0.610. The molecule has 1 heterocycles. The van der Waals surface area contributed by atoms with Gasteiger partial charge in [0.15, 0.2) is 0 Å². The second-order valence-electron chi connectivity index (χ2n) is 5.96. The van der Waals surface area contributed by atoms with E-state index in [9.17, 15) is 4.79 Å². The van der Waals surface area contributed by atoms with Crippen molar-refractivity contribution in [3.63, 3.8) is 0 Å². The average molecular weight is 242 g/mol. The first-order valence-electron chi connectivity index (χ1n) is 6.51. The molecule has 4 nitrogen and oxygen atoms in total. The summed E-state index contributed by atoms with van der Waals surface area (Å²) >= 11 is 0. The van der Waals surface area contributed by atoms with E-state index in [4.69, 9.17) is 10.5 Å². The number of carbonyl (C=O) groups is 1. The summed E-state index contributed by atoms with van der Waals surface area (Å²) in [4.78, 5) is 11.9. The molecule has 0 aromatic carbocycles. The van der Waals surface area contributed by atoms with Gasteiger partial charge in [-0.15, -0.1) is 0 Å². The molecule has 0 radical (unpaired) electrons. The third kappa shape index (κ3) is 3.96. The molecule has 1 saturated heterocycles. The predicted molar refractivity (Wildman–Crippen MR) is 68.6 cm³/mol. The molecular weight excluding hydrogens is 216 g/mol. The van der Waals surface area contributed by atoms with Crippen LogP contribution in [0.4, 0.5) is 0 Å². The van der Waals surface area contributed by atoms with E-state index in [1.54, 1.807) is 0 Å². The lowest BCUT2D eigenvalue weighted by Crippen LogP contribution is -2.49. The van der Waals surface area contributed by atoms with Crippen LogP contribution >= 0.6 is 0 Å². The lowest BCUT2D eigenvalue weighted by Gasteiger charge is -2.27. The van der Waals surface area contributed by atoms with Crippen molar-refractivity contribution in [1.82, 2.24) is 5.32 Å². The van der Waals surface area contributed by atoms with Gasteiger partial charge in [0.05, 0.1) is 12.1 Å². The van der Waals surface area contributed by atoms with Gasteiger partial charge >= 0.3 is 0 Å². The van der Waals surface area contributed by atoms with E-state index in [0.717, 1.165) is 19.4 Å². The van der Waals surface area contributed by atoms with E-state index >= 15 is 0 Å². The van der Waals surface area contributed by atoms with Gasteiger partial charge in [-0.1, -0.05) is 27.7 Å². The molecule has 1 fully saturated rings. The minimum Gasteiger partial charge on any atom is -0.378 e. The van der Waals surface area contributed by atoms with E-state index in [1.807, 2.05) is 20.8 Å². The van der Waals surface area contributed by atoms with Crippen molar-refractivity contribution >= 4 is 5.91 Å². The molecule has 0 aromatic heterocycles. The number of hydrogen-bond donors (Lipinski definition) is 2. The standard InChI is InChI=1S/C13H26N2O2/c1-5-10-9(6-7-17-10)8-15-12(16)11(14)13(2,3)4/h9-11H,5-8,14H2,1-4H3,(H,15,16). The van der Waals surface area contributed by atoms with Crippen LogP contribution in [0.5, 0.6) is 0 Å². The maximum atomic E-state index is 11.9. The van der Waals surface area contributed by atoms with Gasteiger partial charge in [-0.25, -0.2) is 0 Å². The second kappa shape index (κ2) is 5.83. The summed E-state index contributed by atoms with van der Waals surface area (Å²) in [6, 6.07) is -0.454. The summed E-state index contributed by atoms with van der Waals surface area (Å²) in [6.45, 7) is 9.54. The highest BCUT2D eigenvalue weighted by molar-refractivity contribution is 5.82. The Morgan fingerprint density at radius 2 is 2.18 bits per heavy atom. The molecule has 3 N–H and O–H groups in total. The van der Waals surface area contributed by atoms with Gasteiger partial charge in [0.25, 0.3) is 0 Å². The zero-order valence-electron chi connectivity index (χ0n) is 11.5. The van der Waals surface area contributed by atoms with E-state index in [1.165, 1.54) is 0 Å². The minimum atomic E-state index is -0.454. The SMILES string of the molecule is CCC1OCCC1CNC(=O)C(N)C(C)(C)C. The Labute approximate surface area is 104 Å². The van der Waals surface area contributed by atoms with Crippen molar-refractivity contribution in [3.05, 3.63) is 0 Å². The van der Waals surface area contributed by atoms with Gasteiger partial charge in [0.1, 0.15) is 0 Å². The van der Waals surface area contributed by atoms with E-state index < -0.39 is 6.04 Å². The van der Waals surface area contributed by atoms with Gasteiger partial charge in [0.2, 0.25) is 5.91 Å². The summed E-state index contributed by atoms with van der Waals surface area (Å²) in [5.74, 6) is 0.385. The van der Waals surface area contributed by atoms with Crippen molar-refractivity contribution < 1.29 is 9.53 Å². The average Bonchev–Trinajstić information content (AvgIpc) is 2.70. The van der Waals surface area contributed by atoms with Gasteiger partial charge in [-0.3, -0.25) is 4.79 Å². The first-order valence-corrected chi connectivity index (χ1v) is 6.51. The van der Waals surface area contributed by atoms with Crippen LogP contribution in [0.2, 0.25) is 0 Å². The molecule has 3 unspecified atom stereocenters. The molecule has 4 heteroatoms. The number of hydrogen-bond acceptors (Lipinski definition) is 3. The number of ether oxygens (including phenoxy) is 1. The highest BCUT2D eigenvalue weighted by Gasteiger charge is 2.30. The minimum absolute atomic E-state index is 0.0562. The highest BCUT2D eigenvalue weighted by atomic mass is 16.5. The first-order chi connectivity index (χ1) is 7.86. The fourth-order valence-corrected chi connectivity index (χ4v) is 2.11. The number of carbonyl (C=O) groups excluding carboxylic acids is 1. The van der Waals surface area contributed by atoms with Crippen molar-refractivity contribution in [1.29, 1.82) is 0 Å². The smallest absolute Gasteiger partial charge is 0.237 e. The summed E-state index contributed by atoms with van der Waals surface area (Å²) in [6.07, 6.45) is 2.33. The summed E-state index contributed by atoms with van der Waals surface area (Å²) < 4.78 is 5.59. The van der Waals surface area contributed by atoms with Crippen LogP contribution in [0.3, 0.4) is 0 Å². The third-order valence-corrected chi connectivity index (χ3v) is 3.50. The van der Waals surface area contributed by atoms with Crippen molar-refractivity contribution in [2.45, 2.75) is 52.7 Å². The van der Waals surface area contributed by atoms with Crippen LogP contribution < -0.4 is 11.1 Å². The van der Waals surface area contributed by atoms with Gasteiger partial charge in [-0.2, -0.15) is 0 Å². The lowest BCUT2D eigenvalue weighted by molar-refractivity contribution is -0.124. The number of amides is 1. The molecule has 100 valence electrons. The van der Waals surface area contributed by atoms with Crippen molar-refractivity contribution in [2.75, 3.05) is 13.2 Å². The molecule has 0 bridgehead atoms. The fourth-order valence-electron chi connectivity index (χ4n) is 2.11. The number of nitrogens with two attached hydrogens (primary N) is 1. The Bertz CT molecular complexity index is 261. The van der Waals surface area contributed by atoms with E-state index in [0.29, 0.717) is 18.6 Å². The van der Waals surface area contributed by atoms with Crippen LogP contribution in [0.15, 0.2) is 0 Å². The molecule has 0 aromatic rings. The molecule has 0 spiro atoms. The molecule has 0 saturated carbocycles. The molecule has 3 atom stereocenters. The van der Waals surface area contributed by atoms with Crippen LogP contribution in [-0.2, 0) is 9.53 Å². The van der Waals surface area contributed by atoms with Crippen molar-refractivity contribution in [2.24, 2.45) is 17.1 Å². The molecule has 17 heavy (non-hydrogen) atoms. The topological polar surface area (TPSA) is 64.3 Å². The van der Waals surface area contributed by atoms with E-state index in [-0.39, 0.29) is 11.3 Å². The largest absolute Gasteiger partial charge is 0.378 e. The zero-order valence-corrected chi connectivity index (χ0v) is 11.5. The lowest BCUT2D eigenvalue weighted by atomic mass is 9.87. The fraction of sp³-hybridized carbons (Fsp3) is 0.923. The van der Waals surface area contributed by atoms with E-state index in [2.05, 4.69) is 12.2 Å². The quantitative estimate of drug-likeness (QED) is 0.781. The molecular formula is C13H26N2O2. The Balaban J connectivity index is 2.38. The van der Waals surface area contributed by atoms with Crippen LogP contribution in [-0.4, -0.2) is 31.2 Å². The highest BCUT2D eigenvalue weighted by Crippen LogP contribution is 2.23. The summed E-state index contributed by atoms with van der Waals surface area (Å²) in [5.41, 5.74) is 5.71. The Morgan fingerprint density at radius 1 is 1.53 bits per heavy atom. The normalized spacial score (nSPS) is 26.9. The maximum absolute atomic E-state index is 11.9. The van der Waals surface area contributed by atoms with Gasteiger partial charge in [-0.05, 0) is 18.3 Å². The summed E-state index contributed by atoms with van der Waals surface area (Å²) in [7, 11) is 0. The monoisotopic (exact) mass is 242 g/mol. The zero-order chi connectivity index (χ0) is 13.1. The van der Waals surface area contributed by atoms with Gasteiger partial charge in [0, 0.05) is 19.1 Å². The van der Waals surface area contributed by atoms with Crippen molar-refractivity contribution in [3.8, 4) is 0 Å². The Morgan fingerprint density at radius 3 is 2.71 bits per heavy atom. The number of nitrogens with one attached hydrogen (secondary N) is 1. The second-order valence-corrected chi connectivity index (χ2v) is 5.96. The third-order valence-electron chi connectivity index (χ3n) is 3.50. The molecule has 1 aliphatic rings. The first kappa shape index (κ1) is 14.5. The molecule has 1 aliphatic heterocycles. The predicted octanol–water partition coefficient (Wildman–Crippen LogP) is 1.29. The Kier molecular flexibility index (Phi) is 4.95.